The van der Waals surface area contributed by atoms with Crippen molar-refractivity contribution in [3.63, 3.8) is 0 Å². The Kier molecular flexibility index (Phi) is 11.4. The van der Waals surface area contributed by atoms with Gasteiger partial charge in [0.05, 0.1) is 6.67 Å². The number of aromatic nitrogens is 2. The molecule has 5 aromatic carbocycles. The molecular formula is C51H53N4OPt-3. The molecule has 0 saturated heterocycles. The molecule has 0 bridgehead atoms. The number of hydrogen-bond donors (Lipinski definition) is 0. The van der Waals surface area contributed by atoms with Crippen LogP contribution in [0.25, 0.3) is 38.8 Å². The van der Waals surface area contributed by atoms with Crippen LogP contribution < -0.4 is 14.5 Å². The van der Waals surface area contributed by atoms with E-state index in [-0.39, 0.29) is 44.7 Å². The molecule has 8 rings (SSSR count). The minimum atomic E-state index is -0.00479. The molecule has 0 amide bonds. The Morgan fingerprint density at radius 1 is 0.579 bits per heavy atom. The Morgan fingerprint density at radius 3 is 1.98 bits per heavy atom. The van der Waals surface area contributed by atoms with Crippen molar-refractivity contribution in [3.8, 4) is 28.4 Å². The zero-order valence-electron chi connectivity index (χ0n) is 34.8. The Hall–Kier alpha value is -5.12. The molecule has 2 aromatic heterocycles. The molecular weight excluding hydrogens is 880 g/mol. The summed E-state index contributed by atoms with van der Waals surface area (Å²) in [5, 5.41) is 2.26. The summed E-state index contributed by atoms with van der Waals surface area (Å²) in [4.78, 5) is 9.32. The van der Waals surface area contributed by atoms with Crippen LogP contribution in [0, 0.1) is 19.6 Å². The third kappa shape index (κ3) is 8.46. The molecule has 0 atom stereocenters. The monoisotopic (exact) mass is 932 g/mol. The van der Waals surface area contributed by atoms with Crippen molar-refractivity contribution in [1.29, 1.82) is 0 Å². The van der Waals surface area contributed by atoms with Gasteiger partial charge in [-0.05, 0) is 79.8 Å². The molecule has 0 saturated carbocycles. The van der Waals surface area contributed by atoms with E-state index in [0.717, 1.165) is 39.0 Å². The van der Waals surface area contributed by atoms with Crippen molar-refractivity contribution in [2.45, 2.75) is 78.6 Å². The molecule has 296 valence electrons. The van der Waals surface area contributed by atoms with Crippen molar-refractivity contribution in [1.82, 2.24) is 9.55 Å². The molecule has 1 aliphatic heterocycles. The van der Waals surface area contributed by atoms with Gasteiger partial charge in [-0.15, -0.1) is 35.7 Å². The Morgan fingerprint density at radius 2 is 1.26 bits per heavy atom. The van der Waals surface area contributed by atoms with Crippen LogP contribution in [0.1, 0.15) is 79.0 Å². The molecule has 0 radical (unpaired) electrons. The Balaban J connectivity index is 0.00000275. The fraction of sp³-hybridized carbons (Fsp3) is 0.255. The van der Waals surface area contributed by atoms with Crippen molar-refractivity contribution in [3.05, 3.63) is 164 Å². The van der Waals surface area contributed by atoms with Crippen LogP contribution in [-0.2, 0) is 37.3 Å². The van der Waals surface area contributed by atoms with Crippen LogP contribution in [0.4, 0.5) is 11.4 Å². The Bertz CT molecular complexity index is 2560. The quantitative estimate of drug-likeness (QED) is 0.156. The first-order valence-corrected chi connectivity index (χ1v) is 19.2. The maximum absolute atomic E-state index is 6.50. The first-order valence-electron chi connectivity index (χ1n) is 19.2. The number of para-hydroxylation sites is 1. The minimum absolute atomic E-state index is 0. The van der Waals surface area contributed by atoms with Gasteiger partial charge in [-0.2, -0.15) is 12.1 Å². The van der Waals surface area contributed by atoms with Crippen molar-refractivity contribution >= 4 is 33.2 Å². The predicted octanol–water partition coefficient (Wildman–Crippen LogP) is 13.3. The largest absolute Gasteiger partial charge is 0.509 e. The van der Waals surface area contributed by atoms with Crippen molar-refractivity contribution in [2.75, 3.05) is 16.5 Å². The average Bonchev–Trinajstić information content (AvgIpc) is 3.78. The maximum Gasteiger partial charge on any atom is 0.135 e. The normalized spacial score (nSPS) is 13.2. The first-order chi connectivity index (χ1) is 26.1. The van der Waals surface area contributed by atoms with E-state index >= 15 is 0 Å². The van der Waals surface area contributed by atoms with Gasteiger partial charge in [0.1, 0.15) is 5.82 Å². The van der Waals surface area contributed by atoms with Crippen molar-refractivity contribution in [2.24, 2.45) is 0 Å². The van der Waals surface area contributed by atoms with Gasteiger partial charge in [0.15, 0.2) is 0 Å². The second-order valence-corrected chi connectivity index (χ2v) is 17.8. The second kappa shape index (κ2) is 15.7. The summed E-state index contributed by atoms with van der Waals surface area (Å²) in [5.74, 6) is 2.12. The van der Waals surface area contributed by atoms with Crippen LogP contribution in [0.2, 0.25) is 0 Å². The summed E-state index contributed by atoms with van der Waals surface area (Å²) in [6, 6.07) is 46.0. The van der Waals surface area contributed by atoms with Gasteiger partial charge in [-0.1, -0.05) is 122 Å². The van der Waals surface area contributed by atoms with Gasteiger partial charge in [-0.3, -0.25) is 0 Å². The summed E-state index contributed by atoms with van der Waals surface area (Å²) >= 11 is 0. The van der Waals surface area contributed by atoms with Crippen LogP contribution in [0.5, 0.6) is 11.5 Å². The van der Waals surface area contributed by atoms with E-state index in [1.54, 1.807) is 0 Å². The zero-order chi connectivity index (χ0) is 38.7. The van der Waals surface area contributed by atoms with Crippen LogP contribution in [0.3, 0.4) is 0 Å². The van der Waals surface area contributed by atoms with E-state index < -0.39 is 0 Å². The minimum Gasteiger partial charge on any atom is -0.509 e. The molecule has 6 heteroatoms. The fourth-order valence-corrected chi connectivity index (χ4v) is 7.24. The molecule has 7 aromatic rings. The number of rotatable bonds is 6. The number of pyridine rings is 1. The third-order valence-corrected chi connectivity index (χ3v) is 10.6. The summed E-state index contributed by atoms with van der Waals surface area (Å²) < 4.78 is 8.69. The molecule has 0 spiro atoms. The number of hydrogen-bond acceptors (Lipinski definition) is 4. The number of nitrogens with zero attached hydrogens (tertiary/aromatic N) is 4. The summed E-state index contributed by atoms with van der Waals surface area (Å²) in [6.45, 7) is 21.0. The van der Waals surface area contributed by atoms with Gasteiger partial charge in [0.2, 0.25) is 0 Å². The van der Waals surface area contributed by atoms with Gasteiger partial charge >= 0.3 is 0 Å². The molecule has 0 fully saturated rings. The summed E-state index contributed by atoms with van der Waals surface area (Å²) in [6.07, 6.45) is 6.17. The van der Waals surface area contributed by atoms with E-state index in [9.17, 15) is 0 Å². The Labute approximate surface area is 354 Å². The molecule has 0 N–H and O–H groups in total. The maximum atomic E-state index is 6.50. The fourth-order valence-electron chi connectivity index (χ4n) is 7.24. The van der Waals surface area contributed by atoms with Crippen LogP contribution >= 0.6 is 0 Å². The molecule has 57 heavy (non-hydrogen) atoms. The van der Waals surface area contributed by atoms with E-state index in [1.807, 2.05) is 24.4 Å². The van der Waals surface area contributed by atoms with Gasteiger partial charge in [-0.25, -0.2) is 4.98 Å². The number of ether oxygens (including phenoxy) is 1. The third-order valence-electron chi connectivity index (χ3n) is 10.6. The van der Waals surface area contributed by atoms with Gasteiger partial charge < -0.3 is 26.5 Å². The SMILES string of the molecule is CC(C)(C)c1ccc(-c2cc(N3C=CN(c4[c-]c(Oc5[c-]c6c(cc5)c5ccccc5n6-c5cc(C(C)(C)C)ccn5)ccc4)C3)cc(C(C)(C)C)c2)cc1.[CH3-].[Pt]. The molecule has 0 unspecified atom stereocenters. The van der Waals surface area contributed by atoms with Gasteiger partial charge in [0.25, 0.3) is 0 Å². The zero-order valence-corrected chi connectivity index (χ0v) is 37.1. The number of fused-ring (bicyclic) bond motifs is 3. The van der Waals surface area contributed by atoms with Crippen LogP contribution in [-0.4, -0.2) is 16.2 Å². The second-order valence-electron chi connectivity index (χ2n) is 17.8. The smallest absolute Gasteiger partial charge is 0.135 e. The molecule has 3 heterocycles. The van der Waals surface area contributed by atoms with E-state index in [4.69, 9.17) is 9.72 Å². The van der Waals surface area contributed by atoms with E-state index in [1.165, 1.54) is 27.8 Å². The molecule has 0 aliphatic carbocycles. The topological polar surface area (TPSA) is 33.5 Å². The summed E-state index contributed by atoms with van der Waals surface area (Å²) in [7, 11) is 0. The standard InChI is InChI=1S/C50H50N4O.CH3.Pt/c1-48(2,3)36-19-17-34(18-20-36)35-27-38(50(7,8)9)29-40(28-35)53-26-25-52(33-53)39-13-12-14-41(31-39)55-42-21-22-44-43-15-10-11-16-45(43)54(46(44)32-42)47-30-37(23-24-51-47)49(4,5)6;;/h10-30H,33H2,1-9H3;1H3;/q-2;-1;. The van der Waals surface area contributed by atoms with Crippen LogP contribution in [0.15, 0.2) is 128 Å². The number of benzene rings is 5. The molecule has 1 aliphatic rings. The summed E-state index contributed by atoms with van der Waals surface area (Å²) in [5.41, 5.74) is 10.5. The molecule has 5 nitrogen and oxygen atoms in total. The predicted molar refractivity (Wildman–Crippen MR) is 236 cm³/mol. The van der Waals surface area contributed by atoms with E-state index in [0.29, 0.717) is 18.2 Å². The number of anilines is 2. The van der Waals surface area contributed by atoms with Crippen molar-refractivity contribution < 1.29 is 25.8 Å². The first kappa shape index (κ1) is 41.5. The van der Waals surface area contributed by atoms with Gasteiger partial charge in [0, 0.05) is 62.4 Å². The van der Waals surface area contributed by atoms with E-state index in [2.05, 4.69) is 192 Å². The average molecular weight is 933 g/mol.